The van der Waals surface area contributed by atoms with E-state index in [2.05, 4.69) is 31.1 Å². The summed E-state index contributed by atoms with van der Waals surface area (Å²) < 4.78 is 6.32. The molecule has 0 spiro atoms. The van der Waals surface area contributed by atoms with Crippen molar-refractivity contribution in [3.8, 4) is 11.4 Å². The van der Waals surface area contributed by atoms with Gasteiger partial charge in [-0.3, -0.25) is 9.89 Å². The van der Waals surface area contributed by atoms with Gasteiger partial charge in [-0.1, -0.05) is 76.2 Å². The van der Waals surface area contributed by atoms with Gasteiger partial charge in [0.05, 0.1) is 13.2 Å². The van der Waals surface area contributed by atoms with Crippen molar-refractivity contribution in [2.75, 3.05) is 26.3 Å². The van der Waals surface area contributed by atoms with Crippen molar-refractivity contribution in [3.63, 3.8) is 0 Å². The summed E-state index contributed by atoms with van der Waals surface area (Å²) in [5.41, 5.74) is 1.87. The molecular weight excluding hydrogens is 440 g/mol. The number of thioether (sulfide) groups is 1. The van der Waals surface area contributed by atoms with Gasteiger partial charge in [-0.05, 0) is 11.6 Å². The van der Waals surface area contributed by atoms with Crippen LogP contribution in [0.5, 0.6) is 0 Å². The molecule has 1 aliphatic rings. The van der Waals surface area contributed by atoms with E-state index < -0.39 is 5.25 Å². The Bertz CT molecular complexity index is 944. The van der Waals surface area contributed by atoms with Crippen molar-refractivity contribution in [1.29, 1.82) is 0 Å². The van der Waals surface area contributed by atoms with Crippen LogP contribution in [0, 0.1) is 0 Å². The Labute approximate surface area is 175 Å². The maximum Gasteiger partial charge on any atom is 0.240 e. The molecule has 4 rings (SSSR count). The van der Waals surface area contributed by atoms with E-state index in [1.165, 1.54) is 11.8 Å². The summed E-state index contributed by atoms with van der Waals surface area (Å²) in [7, 11) is 0. The lowest BCUT2D eigenvalue weighted by Gasteiger charge is -2.30. The first-order chi connectivity index (χ1) is 13.7. The number of ether oxygens (including phenoxy) is 1. The highest BCUT2D eigenvalue weighted by molar-refractivity contribution is 9.10. The number of aromatic amines is 1. The predicted octanol–water partition coefficient (Wildman–Crippen LogP) is 3.93. The third kappa shape index (κ3) is 4.29. The SMILES string of the molecule is O=C(C(Sc1n[nH]c(-c2ccccc2Br)n1)c1ccccc1)N1CCOCC1. The summed E-state index contributed by atoms with van der Waals surface area (Å²) >= 11 is 4.90. The van der Waals surface area contributed by atoms with Gasteiger partial charge in [0.25, 0.3) is 0 Å². The number of hydrogen-bond acceptors (Lipinski definition) is 5. The molecule has 3 aromatic rings. The molecule has 2 heterocycles. The minimum Gasteiger partial charge on any atom is -0.378 e. The summed E-state index contributed by atoms with van der Waals surface area (Å²) in [6.07, 6.45) is 0. The van der Waals surface area contributed by atoms with E-state index in [0.717, 1.165) is 15.6 Å². The lowest BCUT2D eigenvalue weighted by atomic mass is 10.1. The van der Waals surface area contributed by atoms with E-state index in [1.54, 1.807) is 0 Å². The van der Waals surface area contributed by atoms with Crippen LogP contribution in [0.15, 0.2) is 64.2 Å². The van der Waals surface area contributed by atoms with Crippen LogP contribution in [-0.2, 0) is 9.53 Å². The van der Waals surface area contributed by atoms with Gasteiger partial charge in [0.2, 0.25) is 11.1 Å². The molecule has 144 valence electrons. The normalized spacial score (nSPS) is 15.4. The fourth-order valence-electron chi connectivity index (χ4n) is 3.02. The number of nitrogens with zero attached hydrogens (tertiary/aromatic N) is 3. The third-order valence-electron chi connectivity index (χ3n) is 4.47. The molecule has 1 unspecified atom stereocenters. The molecule has 1 aliphatic heterocycles. The second-order valence-electron chi connectivity index (χ2n) is 6.29. The van der Waals surface area contributed by atoms with Crippen molar-refractivity contribution < 1.29 is 9.53 Å². The Kier molecular flexibility index (Phi) is 6.09. The Morgan fingerprint density at radius 2 is 1.82 bits per heavy atom. The molecule has 1 fully saturated rings. The molecule has 1 atom stereocenters. The second-order valence-corrected chi connectivity index (χ2v) is 8.22. The van der Waals surface area contributed by atoms with Crippen LogP contribution >= 0.6 is 27.7 Å². The summed E-state index contributed by atoms with van der Waals surface area (Å²) in [4.78, 5) is 19.7. The molecule has 28 heavy (non-hydrogen) atoms. The predicted molar refractivity (Wildman–Crippen MR) is 112 cm³/mol. The smallest absolute Gasteiger partial charge is 0.240 e. The number of carbonyl (C=O) groups excluding carboxylic acids is 1. The summed E-state index contributed by atoms with van der Waals surface area (Å²) in [6, 6.07) is 17.6. The van der Waals surface area contributed by atoms with Crippen molar-refractivity contribution in [2.24, 2.45) is 0 Å². The molecule has 6 nitrogen and oxygen atoms in total. The quantitative estimate of drug-likeness (QED) is 0.586. The minimum absolute atomic E-state index is 0.0618. The van der Waals surface area contributed by atoms with Gasteiger partial charge >= 0.3 is 0 Å². The molecule has 1 amide bonds. The Balaban J connectivity index is 1.59. The molecule has 0 aliphatic carbocycles. The molecule has 2 aromatic carbocycles. The number of morpholine rings is 1. The number of halogens is 1. The lowest BCUT2D eigenvalue weighted by Crippen LogP contribution is -2.42. The molecule has 0 bridgehead atoms. The van der Waals surface area contributed by atoms with Crippen molar-refractivity contribution in [1.82, 2.24) is 20.1 Å². The highest BCUT2D eigenvalue weighted by Crippen LogP contribution is 2.36. The van der Waals surface area contributed by atoms with E-state index in [9.17, 15) is 4.79 Å². The summed E-state index contributed by atoms with van der Waals surface area (Å²) in [6.45, 7) is 2.37. The Morgan fingerprint density at radius 3 is 2.57 bits per heavy atom. The summed E-state index contributed by atoms with van der Waals surface area (Å²) in [5.74, 6) is 0.729. The van der Waals surface area contributed by atoms with Crippen LogP contribution in [0.3, 0.4) is 0 Å². The molecule has 1 saturated heterocycles. The zero-order chi connectivity index (χ0) is 19.3. The Hall–Kier alpha value is -2.16. The first kappa shape index (κ1) is 19.2. The number of aromatic nitrogens is 3. The lowest BCUT2D eigenvalue weighted by molar-refractivity contribution is -0.134. The minimum atomic E-state index is -0.401. The number of carbonyl (C=O) groups is 1. The zero-order valence-electron chi connectivity index (χ0n) is 15.0. The highest BCUT2D eigenvalue weighted by Gasteiger charge is 2.29. The molecule has 0 saturated carbocycles. The summed E-state index contributed by atoms with van der Waals surface area (Å²) in [5, 5.41) is 7.46. The number of hydrogen-bond donors (Lipinski definition) is 1. The largest absolute Gasteiger partial charge is 0.378 e. The van der Waals surface area contributed by atoms with E-state index in [4.69, 9.17) is 4.74 Å². The average Bonchev–Trinajstić information content (AvgIpc) is 3.21. The van der Waals surface area contributed by atoms with Crippen molar-refractivity contribution >= 4 is 33.6 Å². The third-order valence-corrected chi connectivity index (χ3v) is 6.26. The van der Waals surface area contributed by atoms with E-state index in [1.807, 2.05) is 59.5 Å². The van der Waals surface area contributed by atoms with Crippen LogP contribution in [0.1, 0.15) is 10.8 Å². The number of amides is 1. The molecule has 1 aromatic heterocycles. The monoisotopic (exact) mass is 458 g/mol. The van der Waals surface area contributed by atoms with Crippen LogP contribution in [0.25, 0.3) is 11.4 Å². The topological polar surface area (TPSA) is 71.1 Å². The van der Waals surface area contributed by atoms with Crippen molar-refractivity contribution in [2.45, 2.75) is 10.4 Å². The van der Waals surface area contributed by atoms with Gasteiger partial charge in [0, 0.05) is 23.1 Å². The van der Waals surface area contributed by atoms with Crippen LogP contribution in [-0.4, -0.2) is 52.3 Å². The molecular formula is C20H19BrN4O2S. The molecule has 1 N–H and O–H groups in total. The second kappa shape index (κ2) is 8.89. The van der Waals surface area contributed by atoms with E-state index in [0.29, 0.717) is 37.3 Å². The van der Waals surface area contributed by atoms with Crippen molar-refractivity contribution in [3.05, 3.63) is 64.6 Å². The first-order valence-electron chi connectivity index (χ1n) is 8.98. The number of rotatable bonds is 5. The maximum atomic E-state index is 13.2. The zero-order valence-corrected chi connectivity index (χ0v) is 17.4. The first-order valence-corrected chi connectivity index (χ1v) is 10.6. The number of nitrogens with one attached hydrogen (secondary N) is 1. The van der Waals surface area contributed by atoms with Crippen LogP contribution < -0.4 is 0 Å². The fourth-order valence-corrected chi connectivity index (χ4v) is 4.49. The Morgan fingerprint density at radius 1 is 1.11 bits per heavy atom. The van der Waals surface area contributed by atoms with Crippen LogP contribution in [0.2, 0.25) is 0 Å². The molecule has 8 heteroatoms. The van der Waals surface area contributed by atoms with Gasteiger partial charge < -0.3 is 9.64 Å². The highest BCUT2D eigenvalue weighted by atomic mass is 79.9. The number of H-pyrrole nitrogens is 1. The van der Waals surface area contributed by atoms with Gasteiger partial charge in [-0.2, -0.15) is 0 Å². The van der Waals surface area contributed by atoms with E-state index in [-0.39, 0.29) is 5.91 Å². The number of benzene rings is 2. The van der Waals surface area contributed by atoms with Gasteiger partial charge in [-0.15, -0.1) is 5.10 Å². The van der Waals surface area contributed by atoms with Gasteiger partial charge in [-0.25, -0.2) is 4.98 Å². The standard InChI is InChI=1S/C20H19BrN4O2S/c21-16-9-5-4-8-15(16)18-22-20(24-23-18)28-17(14-6-2-1-3-7-14)19(26)25-10-12-27-13-11-25/h1-9,17H,10-13H2,(H,22,23,24). The van der Waals surface area contributed by atoms with Gasteiger partial charge in [0.15, 0.2) is 5.82 Å². The van der Waals surface area contributed by atoms with E-state index >= 15 is 0 Å². The fraction of sp³-hybridized carbons (Fsp3) is 0.250. The maximum absolute atomic E-state index is 13.2. The average molecular weight is 459 g/mol. The van der Waals surface area contributed by atoms with Gasteiger partial charge in [0.1, 0.15) is 5.25 Å². The van der Waals surface area contributed by atoms with Crippen LogP contribution in [0.4, 0.5) is 0 Å². The molecule has 0 radical (unpaired) electrons.